The predicted molar refractivity (Wildman–Crippen MR) is 62.8 cm³/mol. The third-order valence-corrected chi connectivity index (χ3v) is 3.33. The molecule has 0 aliphatic rings. The van der Waals surface area contributed by atoms with Crippen LogP contribution in [0.2, 0.25) is 0 Å². The summed E-state index contributed by atoms with van der Waals surface area (Å²) in [5.41, 5.74) is 5.52. The van der Waals surface area contributed by atoms with Gasteiger partial charge >= 0.3 is 0 Å². The van der Waals surface area contributed by atoms with Crippen LogP contribution in [0.4, 0.5) is 5.82 Å². The number of amides is 1. The Morgan fingerprint density at radius 1 is 1.59 bits per heavy atom. The largest absolute Gasteiger partial charge is 0.382 e. The lowest BCUT2D eigenvalue weighted by Crippen LogP contribution is -2.34. The van der Waals surface area contributed by atoms with Crippen molar-refractivity contribution in [2.24, 2.45) is 0 Å². The molecule has 1 rings (SSSR count). The lowest BCUT2D eigenvalue weighted by molar-refractivity contribution is 0.0951. The van der Waals surface area contributed by atoms with E-state index in [0.717, 1.165) is 0 Å². The summed E-state index contributed by atoms with van der Waals surface area (Å²) in [6.07, 6.45) is 0. The molecular formula is C8H15N5O3S. The second-order valence-electron chi connectivity index (χ2n) is 3.28. The second kappa shape index (κ2) is 5.64. The van der Waals surface area contributed by atoms with Gasteiger partial charge in [-0.15, -0.1) is 0 Å². The molecule has 0 radical (unpaired) electrons. The first-order valence-electron chi connectivity index (χ1n) is 5.01. The fraction of sp³-hybridized carbons (Fsp3) is 0.500. The van der Waals surface area contributed by atoms with Gasteiger partial charge in [0, 0.05) is 19.2 Å². The molecule has 8 nitrogen and oxygen atoms in total. The van der Waals surface area contributed by atoms with Gasteiger partial charge in [0.15, 0.2) is 0 Å². The summed E-state index contributed by atoms with van der Waals surface area (Å²) in [4.78, 5) is 11.4. The molecule has 1 amide bonds. The molecule has 0 aromatic carbocycles. The molecule has 0 fully saturated rings. The Kier molecular flexibility index (Phi) is 4.46. The first kappa shape index (κ1) is 13.5. The zero-order chi connectivity index (χ0) is 12.9. The smallest absolute Gasteiger partial charge is 0.269 e. The summed E-state index contributed by atoms with van der Waals surface area (Å²) >= 11 is 0. The number of hydrogen-bond donors (Lipinski definition) is 4. The van der Waals surface area contributed by atoms with Crippen LogP contribution in [0.5, 0.6) is 0 Å². The third kappa shape index (κ3) is 4.41. The average Bonchev–Trinajstić information content (AvgIpc) is 2.64. The van der Waals surface area contributed by atoms with Crippen LogP contribution in [0, 0.1) is 0 Å². The summed E-state index contributed by atoms with van der Waals surface area (Å²) in [5, 5.41) is 8.45. The van der Waals surface area contributed by atoms with E-state index in [9.17, 15) is 13.2 Å². The highest BCUT2D eigenvalue weighted by Gasteiger charge is 2.11. The van der Waals surface area contributed by atoms with Gasteiger partial charge in [0.1, 0.15) is 11.5 Å². The quantitative estimate of drug-likeness (QED) is 0.503. The van der Waals surface area contributed by atoms with Crippen LogP contribution in [0.15, 0.2) is 6.07 Å². The summed E-state index contributed by atoms with van der Waals surface area (Å²) in [6.45, 7) is 2.03. The number of aromatic amines is 1. The monoisotopic (exact) mass is 261 g/mol. The minimum Gasteiger partial charge on any atom is -0.382 e. The standard InChI is InChI=1S/C8H15N5O3S/c1-2-11-17(15,16)4-3-10-8(14)6-5-7(9)13-12-6/h5,11H,2-4H2,1H3,(H,10,14)(H3,9,12,13). The molecule has 0 aliphatic carbocycles. The number of hydrogen-bond acceptors (Lipinski definition) is 5. The van der Waals surface area contributed by atoms with E-state index in [4.69, 9.17) is 5.73 Å². The van der Waals surface area contributed by atoms with E-state index < -0.39 is 15.9 Å². The lowest BCUT2D eigenvalue weighted by Gasteiger charge is -2.05. The number of nitrogens with two attached hydrogens (primary N) is 1. The van der Waals surface area contributed by atoms with Gasteiger partial charge in [-0.25, -0.2) is 13.1 Å². The molecular weight excluding hydrogens is 246 g/mol. The highest BCUT2D eigenvalue weighted by Crippen LogP contribution is 1.99. The fourth-order valence-electron chi connectivity index (χ4n) is 1.14. The molecule has 0 spiro atoms. The van der Waals surface area contributed by atoms with Gasteiger partial charge in [-0.05, 0) is 0 Å². The molecule has 0 unspecified atom stereocenters. The van der Waals surface area contributed by atoms with Crippen LogP contribution in [0.3, 0.4) is 0 Å². The van der Waals surface area contributed by atoms with E-state index in [-0.39, 0.29) is 23.8 Å². The Hall–Kier alpha value is -1.61. The summed E-state index contributed by atoms with van der Waals surface area (Å²) in [6, 6.07) is 1.37. The van der Waals surface area contributed by atoms with Crippen molar-refractivity contribution in [2.75, 3.05) is 24.6 Å². The number of nitrogen functional groups attached to an aromatic ring is 1. The molecule has 1 heterocycles. The van der Waals surface area contributed by atoms with Crippen molar-refractivity contribution >= 4 is 21.7 Å². The summed E-state index contributed by atoms with van der Waals surface area (Å²) in [7, 11) is -3.32. The molecule has 17 heavy (non-hydrogen) atoms. The number of rotatable bonds is 6. The van der Waals surface area contributed by atoms with E-state index in [1.165, 1.54) is 6.07 Å². The van der Waals surface area contributed by atoms with Gasteiger partial charge < -0.3 is 11.1 Å². The number of aromatic nitrogens is 2. The first-order valence-corrected chi connectivity index (χ1v) is 6.66. The van der Waals surface area contributed by atoms with Gasteiger partial charge in [0.25, 0.3) is 5.91 Å². The Labute approximate surface area is 99.0 Å². The Morgan fingerprint density at radius 2 is 2.29 bits per heavy atom. The maximum atomic E-state index is 11.4. The Balaban J connectivity index is 2.40. The van der Waals surface area contributed by atoms with Crippen LogP contribution >= 0.6 is 0 Å². The number of anilines is 1. The van der Waals surface area contributed by atoms with Gasteiger partial charge in [0.05, 0.1) is 5.75 Å². The number of H-pyrrole nitrogens is 1. The highest BCUT2D eigenvalue weighted by molar-refractivity contribution is 7.89. The molecule has 0 atom stereocenters. The van der Waals surface area contributed by atoms with Crippen molar-refractivity contribution in [2.45, 2.75) is 6.92 Å². The fourth-order valence-corrected chi connectivity index (χ4v) is 2.09. The van der Waals surface area contributed by atoms with Crippen molar-refractivity contribution in [1.29, 1.82) is 0 Å². The summed E-state index contributed by atoms with van der Waals surface area (Å²) in [5.74, 6) is -0.410. The van der Waals surface area contributed by atoms with Crippen molar-refractivity contribution in [3.63, 3.8) is 0 Å². The van der Waals surface area contributed by atoms with E-state index in [2.05, 4.69) is 20.2 Å². The molecule has 0 bridgehead atoms. The van der Waals surface area contributed by atoms with E-state index >= 15 is 0 Å². The molecule has 0 aliphatic heterocycles. The van der Waals surface area contributed by atoms with Crippen molar-refractivity contribution < 1.29 is 13.2 Å². The molecule has 96 valence electrons. The van der Waals surface area contributed by atoms with Crippen molar-refractivity contribution in [1.82, 2.24) is 20.2 Å². The van der Waals surface area contributed by atoms with Crippen LogP contribution < -0.4 is 15.8 Å². The SMILES string of the molecule is CCNS(=O)(=O)CCNC(=O)c1cc(N)n[nH]1. The van der Waals surface area contributed by atoms with E-state index in [1.807, 2.05) is 0 Å². The Bertz CT molecular complexity index is 481. The third-order valence-electron chi connectivity index (χ3n) is 1.86. The maximum absolute atomic E-state index is 11.4. The van der Waals surface area contributed by atoms with Crippen LogP contribution in [-0.4, -0.2) is 43.4 Å². The zero-order valence-corrected chi connectivity index (χ0v) is 10.2. The van der Waals surface area contributed by atoms with Crippen LogP contribution in [-0.2, 0) is 10.0 Å². The minimum atomic E-state index is -3.32. The first-order chi connectivity index (χ1) is 7.94. The van der Waals surface area contributed by atoms with Gasteiger partial charge in [-0.1, -0.05) is 6.92 Å². The molecule has 0 saturated heterocycles. The van der Waals surface area contributed by atoms with E-state index in [1.54, 1.807) is 6.92 Å². The molecule has 1 aromatic rings. The molecule has 0 saturated carbocycles. The van der Waals surface area contributed by atoms with E-state index in [0.29, 0.717) is 6.54 Å². The average molecular weight is 261 g/mol. The highest BCUT2D eigenvalue weighted by atomic mass is 32.2. The van der Waals surface area contributed by atoms with Crippen molar-refractivity contribution in [3.8, 4) is 0 Å². The molecule has 9 heteroatoms. The topological polar surface area (TPSA) is 130 Å². The Morgan fingerprint density at radius 3 is 2.82 bits per heavy atom. The van der Waals surface area contributed by atoms with Gasteiger partial charge in [-0.2, -0.15) is 5.10 Å². The minimum absolute atomic E-state index is 0.0209. The van der Waals surface area contributed by atoms with Crippen molar-refractivity contribution in [3.05, 3.63) is 11.8 Å². The van der Waals surface area contributed by atoms with Crippen LogP contribution in [0.1, 0.15) is 17.4 Å². The lowest BCUT2D eigenvalue weighted by atomic mass is 10.4. The maximum Gasteiger partial charge on any atom is 0.269 e. The predicted octanol–water partition coefficient (Wildman–Crippen LogP) is -1.34. The number of nitrogens with one attached hydrogen (secondary N) is 3. The van der Waals surface area contributed by atoms with Gasteiger partial charge in [0.2, 0.25) is 10.0 Å². The van der Waals surface area contributed by atoms with Gasteiger partial charge in [-0.3, -0.25) is 9.89 Å². The number of sulfonamides is 1. The normalized spacial score (nSPS) is 11.4. The molecule has 5 N–H and O–H groups in total. The van der Waals surface area contributed by atoms with Crippen LogP contribution in [0.25, 0.3) is 0 Å². The molecule has 1 aromatic heterocycles. The number of carbonyl (C=O) groups is 1. The number of carbonyl (C=O) groups excluding carboxylic acids is 1. The number of nitrogens with zero attached hydrogens (tertiary/aromatic N) is 1. The summed E-state index contributed by atoms with van der Waals surface area (Å²) < 4.78 is 24.8. The second-order valence-corrected chi connectivity index (χ2v) is 5.21. The zero-order valence-electron chi connectivity index (χ0n) is 9.36.